The molecule has 0 atom stereocenters. The zero-order chi connectivity index (χ0) is 14.7. The van der Waals surface area contributed by atoms with Gasteiger partial charge >= 0.3 is 0 Å². The fourth-order valence-electron chi connectivity index (χ4n) is 2.01. The van der Waals surface area contributed by atoms with Crippen molar-refractivity contribution in [1.29, 1.82) is 0 Å². The number of nitrogens with zero attached hydrogens (tertiary/aromatic N) is 2. The van der Waals surface area contributed by atoms with E-state index < -0.39 is 0 Å². The van der Waals surface area contributed by atoms with Crippen LogP contribution in [0.3, 0.4) is 0 Å². The number of aryl methyl sites for hydroxylation is 1. The number of anilines is 1. The van der Waals surface area contributed by atoms with Gasteiger partial charge in [-0.2, -0.15) is 0 Å². The maximum Gasteiger partial charge on any atom is 0.162 e. The second-order valence-electron chi connectivity index (χ2n) is 4.59. The first-order chi connectivity index (χ1) is 9.58. The van der Waals surface area contributed by atoms with E-state index in [2.05, 4.69) is 63.9 Å². The molecule has 20 heavy (non-hydrogen) atoms. The van der Waals surface area contributed by atoms with Crippen molar-refractivity contribution in [3.05, 3.63) is 38.6 Å². The van der Waals surface area contributed by atoms with Crippen molar-refractivity contribution in [3.63, 3.8) is 0 Å². The molecule has 0 fully saturated rings. The molecule has 106 valence electrons. The Hall–Kier alpha value is -1.21. The molecule has 0 unspecified atom stereocenters. The molecule has 0 radical (unpaired) electrons. The van der Waals surface area contributed by atoms with E-state index in [0.717, 1.165) is 26.5 Å². The molecular formula is C15H18IN3O. The van der Waals surface area contributed by atoms with Crippen LogP contribution in [0, 0.1) is 17.4 Å². The molecular weight excluding hydrogens is 365 g/mol. The van der Waals surface area contributed by atoms with Gasteiger partial charge in [0.15, 0.2) is 5.82 Å². The van der Waals surface area contributed by atoms with Gasteiger partial charge in [-0.1, -0.05) is 18.2 Å². The van der Waals surface area contributed by atoms with Gasteiger partial charge in [-0.15, -0.1) is 0 Å². The lowest BCUT2D eigenvalue weighted by molar-refractivity contribution is 0.181. The summed E-state index contributed by atoms with van der Waals surface area (Å²) in [6, 6.07) is 6.19. The highest BCUT2D eigenvalue weighted by Gasteiger charge is 2.14. The van der Waals surface area contributed by atoms with Crippen molar-refractivity contribution < 1.29 is 4.74 Å². The second kappa shape index (κ2) is 6.49. The Morgan fingerprint density at radius 2 is 2.00 bits per heavy atom. The molecule has 0 amide bonds. The molecule has 0 saturated heterocycles. The summed E-state index contributed by atoms with van der Waals surface area (Å²) in [7, 11) is 3.54. The van der Waals surface area contributed by atoms with Crippen molar-refractivity contribution in [2.45, 2.75) is 20.5 Å². The minimum absolute atomic E-state index is 0.480. The predicted molar refractivity (Wildman–Crippen MR) is 89.9 cm³/mol. The van der Waals surface area contributed by atoms with E-state index >= 15 is 0 Å². The number of hydrogen-bond acceptors (Lipinski definition) is 4. The van der Waals surface area contributed by atoms with Crippen LogP contribution in [0.15, 0.2) is 18.2 Å². The van der Waals surface area contributed by atoms with Gasteiger partial charge in [-0.25, -0.2) is 9.97 Å². The van der Waals surface area contributed by atoms with E-state index in [-0.39, 0.29) is 0 Å². The summed E-state index contributed by atoms with van der Waals surface area (Å²) in [5.74, 6) is 1.58. The number of nitrogens with one attached hydrogen (secondary N) is 1. The van der Waals surface area contributed by atoms with E-state index in [0.29, 0.717) is 6.61 Å². The smallest absolute Gasteiger partial charge is 0.162 e. The molecule has 2 rings (SSSR count). The lowest BCUT2D eigenvalue weighted by Crippen LogP contribution is -2.07. The third-order valence-corrected chi connectivity index (χ3v) is 4.42. The maximum absolute atomic E-state index is 5.23. The van der Waals surface area contributed by atoms with E-state index in [1.165, 1.54) is 11.1 Å². The van der Waals surface area contributed by atoms with Crippen LogP contribution < -0.4 is 5.32 Å². The quantitative estimate of drug-likeness (QED) is 0.821. The molecule has 1 aromatic heterocycles. The topological polar surface area (TPSA) is 47.0 Å². The summed E-state index contributed by atoms with van der Waals surface area (Å²) >= 11 is 2.25. The van der Waals surface area contributed by atoms with Gasteiger partial charge in [0.1, 0.15) is 5.82 Å². The highest BCUT2D eigenvalue weighted by atomic mass is 127. The number of benzene rings is 1. The van der Waals surface area contributed by atoms with E-state index in [9.17, 15) is 0 Å². The fourth-order valence-corrected chi connectivity index (χ4v) is 2.67. The molecule has 0 saturated carbocycles. The van der Waals surface area contributed by atoms with Crippen molar-refractivity contribution in [2.24, 2.45) is 0 Å². The Bertz CT molecular complexity index is 629. The van der Waals surface area contributed by atoms with E-state index in [1.807, 2.05) is 13.1 Å². The van der Waals surface area contributed by atoms with Gasteiger partial charge in [0.2, 0.25) is 0 Å². The van der Waals surface area contributed by atoms with Gasteiger partial charge in [0, 0.05) is 19.7 Å². The van der Waals surface area contributed by atoms with Crippen molar-refractivity contribution in [2.75, 3.05) is 19.5 Å². The monoisotopic (exact) mass is 383 g/mol. The van der Waals surface area contributed by atoms with E-state index in [4.69, 9.17) is 4.74 Å². The normalized spacial score (nSPS) is 10.7. The summed E-state index contributed by atoms with van der Waals surface area (Å²) in [6.45, 7) is 4.68. The molecule has 0 spiro atoms. The summed E-state index contributed by atoms with van der Waals surface area (Å²) in [4.78, 5) is 9.28. The molecule has 1 aromatic carbocycles. The second-order valence-corrected chi connectivity index (χ2v) is 5.67. The highest BCUT2D eigenvalue weighted by Crippen LogP contribution is 2.27. The first kappa shape index (κ1) is 15.2. The van der Waals surface area contributed by atoms with Crippen LogP contribution in [0.4, 0.5) is 5.82 Å². The zero-order valence-corrected chi connectivity index (χ0v) is 14.3. The van der Waals surface area contributed by atoms with Crippen LogP contribution in [0.25, 0.3) is 11.4 Å². The lowest BCUT2D eigenvalue weighted by Gasteiger charge is -2.13. The Morgan fingerprint density at radius 1 is 1.25 bits per heavy atom. The van der Waals surface area contributed by atoms with E-state index in [1.54, 1.807) is 7.11 Å². The molecule has 0 aliphatic heterocycles. The number of ether oxygens (including phenoxy) is 1. The lowest BCUT2D eigenvalue weighted by atomic mass is 10.0. The zero-order valence-electron chi connectivity index (χ0n) is 12.1. The molecule has 5 heteroatoms. The third-order valence-electron chi connectivity index (χ3n) is 3.28. The Labute approximate surface area is 133 Å². The molecule has 1 heterocycles. The maximum atomic E-state index is 5.23. The predicted octanol–water partition coefficient (Wildman–Crippen LogP) is 3.55. The van der Waals surface area contributed by atoms with Gasteiger partial charge in [-0.05, 0) is 47.6 Å². The van der Waals surface area contributed by atoms with Gasteiger partial charge in [0.05, 0.1) is 15.9 Å². The molecule has 0 aliphatic carbocycles. The summed E-state index contributed by atoms with van der Waals surface area (Å²) < 4.78 is 6.23. The Balaban J connectivity index is 2.62. The third kappa shape index (κ3) is 2.93. The van der Waals surface area contributed by atoms with Crippen LogP contribution >= 0.6 is 22.6 Å². The van der Waals surface area contributed by atoms with Crippen LogP contribution in [0.1, 0.15) is 16.8 Å². The first-order valence-electron chi connectivity index (χ1n) is 6.38. The number of hydrogen-bond donors (Lipinski definition) is 1. The molecule has 2 aromatic rings. The average molecular weight is 383 g/mol. The van der Waals surface area contributed by atoms with Gasteiger partial charge in [0.25, 0.3) is 0 Å². The molecule has 1 N–H and O–H groups in total. The molecule has 0 bridgehead atoms. The molecule has 4 nitrogen and oxygen atoms in total. The van der Waals surface area contributed by atoms with Crippen molar-refractivity contribution >= 4 is 28.4 Å². The number of methoxy groups -OCH3 is 1. The Morgan fingerprint density at radius 3 is 2.65 bits per heavy atom. The SMILES string of the molecule is CNc1nc(-c2cccc(C)c2C)nc(COC)c1I. The van der Waals surface area contributed by atoms with Crippen LogP contribution in [-0.2, 0) is 11.3 Å². The minimum atomic E-state index is 0.480. The summed E-state index contributed by atoms with van der Waals surface area (Å²) in [5.41, 5.74) is 4.42. The van der Waals surface area contributed by atoms with Crippen LogP contribution in [0.2, 0.25) is 0 Å². The van der Waals surface area contributed by atoms with Crippen molar-refractivity contribution in [3.8, 4) is 11.4 Å². The standard InChI is InChI=1S/C15H18IN3O/c1-9-6-5-7-11(10(9)2)14-18-12(8-20-4)13(16)15(17-3)19-14/h5-7H,8H2,1-4H3,(H,17,18,19). The van der Waals surface area contributed by atoms with Gasteiger partial charge < -0.3 is 10.1 Å². The van der Waals surface area contributed by atoms with Gasteiger partial charge in [-0.3, -0.25) is 0 Å². The Kier molecular flexibility index (Phi) is 4.93. The fraction of sp³-hybridized carbons (Fsp3) is 0.333. The number of aromatic nitrogens is 2. The minimum Gasteiger partial charge on any atom is -0.378 e. The average Bonchev–Trinajstić information content (AvgIpc) is 2.44. The highest BCUT2D eigenvalue weighted by molar-refractivity contribution is 14.1. The van der Waals surface area contributed by atoms with Crippen molar-refractivity contribution in [1.82, 2.24) is 9.97 Å². The number of rotatable bonds is 4. The largest absolute Gasteiger partial charge is 0.378 e. The van der Waals surface area contributed by atoms with Crippen LogP contribution in [0.5, 0.6) is 0 Å². The summed E-state index contributed by atoms with van der Waals surface area (Å²) in [6.07, 6.45) is 0. The summed E-state index contributed by atoms with van der Waals surface area (Å²) in [5, 5.41) is 3.12. The number of halogens is 1. The van der Waals surface area contributed by atoms with Crippen LogP contribution in [-0.4, -0.2) is 24.1 Å². The molecule has 0 aliphatic rings. The first-order valence-corrected chi connectivity index (χ1v) is 7.46.